The second-order valence-corrected chi connectivity index (χ2v) is 4.62. The maximum Gasteiger partial charge on any atom is 0.195 e. The molecule has 0 aliphatic rings. The number of hydrogen-bond acceptors (Lipinski definition) is 0. The average Bonchev–Trinajstić information content (AvgIpc) is 2.37. The first-order valence-electron chi connectivity index (χ1n) is 5.85. The van der Waals surface area contributed by atoms with Crippen molar-refractivity contribution in [2.24, 2.45) is 0 Å². The molecule has 0 fully saturated rings. The van der Waals surface area contributed by atoms with Crippen LogP contribution in [-0.2, 0) is 0 Å². The number of benzene rings is 2. The van der Waals surface area contributed by atoms with Crippen LogP contribution in [-0.4, -0.2) is 0 Å². The molecule has 0 bridgehead atoms. The van der Waals surface area contributed by atoms with Crippen LogP contribution >= 0.6 is 0 Å². The van der Waals surface area contributed by atoms with E-state index in [9.17, 15) is 17.6 Å². The Morgan fingerprint density at radius 2 is 1.37 bits per heavy atom. The van der Waals surface area contributed by atoms with Crippen LogP contribution in [0.25, 0.3) is 11.1 Å². The van der Waals surface area contributed by atoms with Crippen molar-refractivity contribution in [3.63, 3.8) is 0 Å². The van der Waals surface area contributed by atoms with Gasteiger partial charge >= 0.3 is 0 Å². The molecule has 0 heterocycles. The zero-order chi connectivity index (χ0) is 14.2. The fraction of sp³-hybridized carbons (Fsp3) is 0.200. The van der Waals surface area contributed by atoms with Crippen molar-refractivity contribution in [1.82, 2.24) is 0 Å². The highest BCUT2D eigenvalue weighted by Gasteiger charge is 2.17. The highest BCUT2D eigenvalue weighted by Crippen LogP contribution is 2.29. The smallest absolute Gasteiger partial charge is 0.195 e. The van der Waals surface area contributed by atoms with E-state index in [0.717, 1.165) is 17.7 Å². The maximum atomic E-state index is 13.9. The summed E-state index contributed by atoms with van der Waals surface area (Å²) >= 11 is 0. The van der Waals surface area contributed by atoms with Crippen molar-refractivity contribution < 1.29 is 17.6 Å². The van der Waals surface area contributed by atoms with Crippen LogP contribution in [0.5, 0.6) is 0 Å². The highest BCUT2D eigenvalue weighted by molar-refractivity contribution is 5.65. The van der Waals surface area contributed by atoms with Crippen LogP contribution in [0.15, 0.2) is 30.3 Å². The molecular weight excluding hydrogens is 256 g/mol. The Morgan fingerprint density at radius 3 is 1.95 bits per heavy atom. The van der Waals surface area contributed by atoms with Crippen LogP contribution in [0.3, 0.4) is 0 Å². The van der Waals surface area contributed by atoms with Crippen LogP contribution in [0.1, 0.15) is 25.3 Å². The molecule has 0 nitrogen and oxygen atoms in total. The van der Waals surface area contributed by atoms with Gasteiger partial charge in [0.2, 0.25) is 0 Å². The quantitative estimate of drug-likeness (QED) is 0.529. The molecule has 19 heavy (non-hydrogen) atoms. The first kappa shape index (κ1) is 13.6. The van der Waals surface area contributed by atoms with Crippen molar-refractivity contribution in [3.8, 4) is 11.1 Å². The van der Waals surface area contributed by atoms with Crippen molar-refractivity contribution in [2.75, 3.05) is 0 Å². The molecule has 2 aromatic rings. The number of hydrogen-bond donors (Lipinski definition) is 0. The summed E-state index contributed by atoms with van der Waals surface area (Å²) in [5.41, 5.74) is 0.386. The van der Waals surface area contributed by atoms with E-state index in [1.807, 2.05) is 13.8 Å². The summed E-state index contributed by atoms with van der Waals surface area (Å²) < 4.78 is 53.5. The Kier molecular flexibility index (Phi) is 3.60. The summed E-state index contributed by atoms with van der Waals surface area (Å²) in [4.78, 5) is 0. The van der Waals surface area contributed by atoms with Gasteiger partial charge in [-0.2, -0.15) is 0 Å². The Labute approximate surface area is 108 Å². The van der Waals surface area contributed by atoms with E-state index < -0.39 is 23.3 Å². The molecule has 100 valence electrons. The van der Waals surface area contributed by atoms with Crippen molar-refractivity contribution in [1.29, 1.82) is 0 Å². The molecule has 2 rings (SSSR count). The normalized spacial score (nSPS) is 11.1. The molecule has 4 heteroatoms. The van der Waals surface area contributed by atoms with Gasteiger partial charge in [0.15, 0.2) is 17.5 Å². The zero-order valence-electron chi connectivity index (χ0n) is 10.5. The lowest BCUT2D eigenvalue weighted by atomic mass is 9.98. The van der Waals surface area contributed by atoms with Crippen LogP contribution in [0, 0.1) is 23.3 Å². The summed E-state index contributed by atoms with van der Waals surface area (Å²) in [5, 5.41) is 0. The second-order valence-electron chi connectivity index (χ2n) is 4.62. The van der Waals surface area contributed by atoms with E-state index in [-0.39, 0.29) is 17.0 Å². The van der Waals surface area contributed by atoms with Crippen molar-refractivity contribution >= 4 is 0 Å². The van der Waals surface area contributed by atoms with Gasteiger partial charge in [0.25, 0.3) is 0 Å². The monoisotopic (exact) mass is 268 g/mol. The molecule has 0 aromatic heterocycles. The Balaban J connectivity index is 2.57. The first-order valence-corrected chi connectivity index (χ1v) is 5.85. The third-order valence-corrected chi connectivity index (χ3v) is 2.99. The predicted octanol–water partition coefficient (Wildman–Crippen LogP) is 5.03. The third kappa shape index (κ3) is 2.48. The van der Waals surface area contributed by atoms with Gasteiger partial charge in [0.1, 0.15) is 5.82 Å². The SMILES string of the molecule is CC(C)c1ccc(-c2ccc(F)c(F)c2F)c(F)c1. The van der Waals surface area contributed by atoms with E-state index in [0.29, 0.717) is 0 Å². The summed E-state index contributed by atoms with van der Waals surface area (Å²) in [5.74, 6) is -4.80. The molecule has 0 aliphatic heterocycles. The summed E-state index contributed by atoms with van der Waals surface area (Å²) in [6, 6.07) is 6.11. The van der Waals surface area contributed by atoms with E-state index in [4.69, 9.17) is 0 Å². The van der Waals surface area contributed by atoms with Gasteiger partial charge in [-0.15, -0.1) is 0 Å². The highest BCUT2D eigenvalue weighted by atomic mass is 19.2. The Bertz CT molecular complexity index is 618. The Hall–Kier alpha value is -1.84. The Morgan fingerprint density at radius 1 is 0.737 bits per heavy atom. The molecule has 0 radical (unpaired) electrons. The minimum absolute atomic E-state index is 0.0826. The van der Waals surface area contributed by atoms with Gasteiger partial charge in [0, 0.05) is 11.1 Å². The fourth-order valence-electron chi connectivity index (χ4n) is 1.84. The lowest BCUT2D eigenvalue weighted by Gasteiger charge is -2.10. The van der Waals surface area contributed by atoms with E-state index in [2.05, 4.69) is 0 Å². The van der Waals surface area contributed by atoms with Gasteiger partial charge in [-0.3, -0.25) is 0 Å². The molecule has 0 saturated heterocycles. The molecule has 0 N–H and O–H groups in total. The van der Waals surface area contributed by atoms with Gasteiger partial charge in [-0.05, 0) is 29.7 Å². The summed E-state index contributed by atoms with van der Waals surface area (Å²) in [6.07, 6.45) is 0. The lowest BCUT2D eigenvalue weighted by molar-refractivity contribution is 0.448. The molecule has 2 aromatic carbocycles. The summed E-state index contributed by atoms with van der Waals surface area (Å²) in [6.45, 7) is 3.79. The van der Waals surface area contributed by atoms with Crippen LogP contribution in [0.2, 0.25) is 0 Å². The van der Waals surface area contributed by atoms with Crippen LogP contribution < -0.4 is 0 Å². The first-order chi connectivity index (χ1) is 8.91. The molecule has 0 saturated carbocycles. The molecule has 0 aliphatic carbocycles. The minimum atomic E-state index is -1.59. The van der Waals surface area contributed by atoms with Crippen molar-refractivity contribution in [3.05, 3.63) is 59.2 Å². The molecule has 0 unspecified atom stereocenters. The summed E-state index contributed by atoms with van der Waals surface area (Å²) in [7, 11) is 0. The van der Waals surface area contributed by atoms with E-state index in [1.54, 1.807) is 6.07 Å². The van der Waals surface area contributed by atoms with Gasteiger partial charge in [-0.1, -0.05) is 26.0 Å². The number of halogens is 4. The lowest BCUT2D eigenvalue weighted by Crippen LogP contribution is -1.97. The standard InChI is InChI=1S/C15H12F4/c1-8(2)9-3-4-10(13(17)7-9)11-5-6-12(16)15(19)14(11)18/h3-8H,1-2H3. The number of rotatable bonds is 2. The molecule has 0 spiro atoms. The second kappa shape index (κ2) is 5.03. The average molecular weight is 268 g/mol. The van der Waals surface area contributed by atoms with Gasteiger partial charge < -0.3 is 0 Å². The predicted molar refractivity (Wildman–Crippen MR) is 65.8 cm³/mol. The van der Waals surface area contributed by atoms with E-state index in [1.165, 1.54) is 12.1 Å². The van der Waals surface area contributed by atoms with E-state index >= 15 is 0 Å². The molecule has 0 atom stereocenters. The largest absolute Gasteiger partial charge is 0.206 e. The molecule has 0 amide bonds. The zero-order valence-corrected chi connectivity index (χ0v) is 10.5. The molecular formula is C15H12F4. The van der Waals surface area contributed by atoms with Gasteiger partial charge in [-0.25, -0.2) is 17.6 Å². The van der Waals surface area contributed by atoms with Crippen LogP contribution in [0.4, 0.5) is 17.6 Å². The van der Waals surface area contributed by atoms with Gasteiger partial charge in [0.05, 0.1) is 0 Å². The minimum Gasteiger partial charge on any atom is -0.206 e. The fourth-order valence-corrected chi connectivity index (χ4v) is 1.84. The topological polar surface area (TPSA) is 0 Å². The van der Waals surface area contributed by atoms with Crippen molar-refractivity contribution in [2.45, 2.75) is 19.8 Å². The maximum absolute atomic E-state index is 13.9. The third-order valence-electron chi connectivity index (χ3n) is 2.99.